The van der Waals surface area contributed by atoms with E-state index in [1.54, 1.807) is 12.1 Å². The second-order valence-corrected chi connectivity index (χ2v) is 4.76. The quantitative estimate of drug-likeness (QED) is 0.713. The van der Waals surface area contributed by atoms with E-state index in [2.05, 4.69) is 19.2 Å². The van der Waals surface area contributed by atoms with Crippen molar-refractivity contribution in [1.29, 1.82) is 0 Å². The Bertz CT molecular complexity index is 316. The minimum Gasteiger partial charge on any atom is -0.508 e. The van der Waals surface area contributed by atoms with Crippen molar-refractivity contribution in [2.75, 3.05) is 6.54 Å². The summed E-state index contributed by atoms with van der Waals surface area (Å²) in [5.41, 5.74) is 1.57. The molecule has 2 N–H and O–H groups in total. The Morgan fingerprint density at radius 2 is 1.93 bits per heavy atom. The fourth-order valence-electron chi connectivity index (χ4n) is 2.14. The molecule has 2 heteroatoms. The van der Waals surface area contributed by atoms with Crippen LogP contribution in [0.2, 0.25) is 0 Å². The summed E-state index contributed by atoms with van der Waals surface area (Å²) >= 11 is 0. The summed E-state index contributed by atoms with van der Waals surface area (Å²) < 4.78 is 0. The molecule has 1 heterocycles. The number of aromatic hydroxyl groups is 1. The van der Waals surface area contributed by atoms with Crippen LogP contribution in [0.15, 0.2) is 24.3 Å². The van der Waals surface area contributed by atoms with Gasteiger partial charge < -0.3 is 10.4 Å². The van der Waals surface area contributed by atoms with Gasteiger partial charge in [-0.1, -0.05) is 12.1 Å². The van der Waals surface area contributed by atoms with Crippen molar-refractivity contribution in [1.82, 2.24) is 5.32 Å². The molecular formula is C12H17NO. The smallest absolute Gasteiger partial charge is 0.115 e. The molecular weight excluding hydrogens is 174 g/mol. The Hall–Kier alpha value is -1.02. The maximum absolute atomic E-state index is 9.19. The molecule has 1 fully saturated rings. The maximum atomic E-state index is 9.19. The molecule has 1 aliphatic heterocycles. The predicted octanol–water partition coefficient (Wildman–Crippen LogP) is 2.25. The molecule has 1 atom stereocenters. The highest BCUT2D eigenvalue weighted by Crippen LogP contribution is 2.31. The third kappa shape index (κ3) is 1.90. The van der Waals surface area contributed by atoms with E-state index in [1.807, 2.05) is 12.1 Å². The van der Waals surface area contributed by atoms with Gasteiger partial charge in [0.25, 0.3) is 0 Å². The van der Waals surface area contributed by atoms with E-state index in [0.717, 1.165) is 13.0 Å². The minimum atomic E-state index is 0.253. The molecule has 1 unspecified atom stereocenters. The number of rotatable bonds is 1. The zero-order valence-electron chi connectivity index (χ0n) is 8.75. The van der Waals surface area contributed by atoms with Crippen LogP contribution in [0.3, 0.4) is 0 Å². The Labute approximate surface area is 85.0 Å². The molecule has 2 rings (SSSR count). The van der Waals surface area contributed by atoms with Crippen LogP contribution < -0.4 is 5.32 Å². The summed E-state index contributed by atoms with van der Waals surface area (Å²) in [6.07, 6.45) is 1.16. The largest absolute Gasteiger partial charge is 0.508 e. The fourth-order valence-corrected chi connectivity index (χ4v) is 2.14. The molecule has 0 spiro atoms. The van der Waals surface area contributed by atoms with Crippen LogP contribution in [0.4, 0.5) is 0 Å². The van der Waals surface area contributed by atoms with E-state index in [-0.39, 0.29) is 5.54 Å². The van der Waals surface area contributed by atoms with Gasteiger partial charge in [-0.3, -0.25) is 0 Å². The van der Waals surface area contributed by atoms with Crippen molar-refractivity contribution < 1.29 is 5.11 Å². The van der Waals surface area contributed by atoms with Crippen LogP contribution in [0, 0.1) is 0 Å². The first-order valence-electron chi connectivity index (χ1n) is 5.11. The molecule has 2 nitrogen and oxygen atoms in total. The van der Waals surface area contributed by atoms with E-state index < -0.39 is 0 Å². The number of phenolic OH excluding ortho intramolecular Hbond substituents is 1. The Balaban J connectivity index is 2.14. The standard InChI is InChI=1S/C12H17NO/c1-12(2)7-10(8-13-12)9-3-5-11(14)6-4-9/h3-6,10,13-14H,7-8H2,1-2H3. The van der Waals surface area contributed by atoms with Crippen molar-refractivity contribution in [3.63, 3.8) is 0 Å². The summed E-state index contributed by atoms with van der Waals surface area (Å²) in [5.74, 6) is 0.935. The van der Waals surface area contributed by atoms with E-state index in [9.17, 15) is 5.11 Å². The topological polar surface area (TPSA) is 32.3 Å². The highest BCUT2D eigenvalue weighted by Gasteiger charge is 2.30. The molecule has 0 aromatic heterocycles. The van der Waals surface area contributed by atoms with Gasteiger partial charge in [-0.15, -0.1) is 0 Å². The first-order valence-corrected chi connectivity index (χ1v) is 5.11. The van der Waals surface area contributed by atoms with Crippen LogP contribution in [0.5, 0.6) is 5.75 Å². The van der Waals surface area contributed by atoms with Gasteiger partial charge in [-0.25, -0.2) is 0 Å². The Kier molecular flexibility index (Phi) is 2.23. The van der Waals surface area contributed by atoms with Crippen molar-refractivity contribution in [3.8, 4) is 5.75 Å². The SMILES string of the molecule is CC1(C)CC(c2ccc(O)cc2)CN1. The van der Waals surface area contributed by atoms with Crippen LogP contribution in [-0.2, 0) is 0 Å². The van der Waals surface area contributed by atoms with Crippen LogP contribution >= 0.6 is 0 Å². The number of benzene rings is 1. The van der Waals surface area contributed by atoms with E-state index in [1.165, 1.54) is 5.56 Å². The van der Waals surface area contributed by atoms with Gasteiger partial charge in [0.05, 0.1) is 0 Å². The summed E-state index contributed by atoms with van der Waals surface area (Å²) in [7, 11) is 0. The van der Waals surface area contributed by atoms with Crippen molar-refractivity contribution in [3.05, 3.63) is 29.8 Å². The van der Waals surface area contributed by atoms with Crippen LogP contribution in [-0.4, -0.2) is 17.2 Å². The molecule has 1 saturated heterocycles. The lowest BCUT2D eigenvalue weighted by molar-refractivity contribution is 0.455. The van der Waals surface area contributed by atoms with E-state index >= 15 is 0 Å². The first-order chi connectivity index (χ1) is 6.57. The molecule has 0 aliphatic carbocycles. The molecule has 0 saturated carbocycles. The van der Waals surface area contributed by atoms with Gasteiger partial charge in [0, 0.05) is 12.1 Å². The second-order valence-electron chi connectivity index (χ2n) is 4.76. The second kappa shape index (κ2) is 3.28. The van der Waals surface area contributed by atoms with Gasteiger partial charge in [0.15, 0.2) is 0 Å². The summed E-state index contributed by atoms with van der Waals surface area (Å²) in [6.45, 7) is 5.50. The normalized spacial score (nSPS) is 25.1. The van der Waals surface area contributed by atoms with Crippen LogP contribution in [0.25, 0.3) is 0 Å². The molecule has 1 aromatic carbocycles. The Morgan fingerprint density at radius 1 is 1.29 bits per heavy atom. The lowest BCUT2D eigenvalue weighted by Gasteiger charge is -2.17. The lowest BCUT2D eigenvalue weighted by atomic mass is 9.91. The average Bonchev–Trinajstić information content (AvgIpc) is 2.47. The number of hydrogen-bond donors (Lipinski definition) is 2. The fraction of sp³-hybridized carbons (Fsp3) is 0.500. The third-order valence-corrected chi connectivity index (χ3v) is 2.95. The predicted molar refractivity (Wildman–Crippen MR) is 57.5 cm³/mol. The minimum absolute atomic E-state index is 0.253. The molecule has 14 heavy (non-hydrogen) atoms. The van der Waals surface area contributed by atoms with Crippen molar-refractivity contribution in [2.24, 2.45) is 0 Å². The van der Waals surface area contributed by atoms with Crippen molar-refractivity contribution in [2.45, 2.75) is 31.7 Å². The molecule has 76 valence electrons. The van der Waals surface area contributed by atoms with E-state index in [0.29, 0.717) is 11.7 Å². The van der Waals surface area contributed by atoms with Gasteiger partial charge in [-0.2, -0.15) is 0 Å². The van der Waals surface area contributed by atoms with E-state index in [4.69, 9.17) is 0 Å². The zero-order chi connectivity index (χ0) is 10.2. The summed E-state index contributed by atoms with van der Waals surface area (Å²) in [4.78, 5) is 0. The van der Waals surface area contributed by atoms with Gasteiger partial charge in [0.2, 0.25) is 0 Å². The molecule has 0 amide bonds. The highest BCUT2D eigenvalue weighted by molar-refractivity contribution is 5.29. The number of phenols is 1. The van der Waals surface area contributed by atoms with Gasteiger partial charge in [0.1, 0.15) is 5.75 Å². The number of nitrogens with one attached hydrogen (secondary N) is 1. The summed E-state index contributed by atoms with van der Waals surface area (Å²) in [5, 5.41) is 12.7. The maximum Gasteiger partial charge on any atom is 0.115 e. The van der Waals surface area contributed by atoms with Gasteiger partial charge in [-0.05, 0) is 43.9 Å². The Morgan fingerprint density at radius 3 is 2.43 bits per heavy atom. The monoisotopic (exact) mass is 191 g/mol. The van der Waals surface area contributed by atoms with Crippen molar-refractivity contribution >= 4 is 0 Å². The van der Waals surface area contributed by atoms with Gasteiger partial charge >= 0.3 is 0 Å². The molecule has 0 radical (unpaired) electrons. The number of hydrogen-bond acceptors (Lipinski definition) is 2. The lowest BCUT2D eigenvalue weighted by Crippen LogP contribution is -2.31. The molecule has 0 bridgehead atoms. The third-order valence-electron chi connectivity index (χ3n) is 2.95. The molecule has 1 aromatic rings. The molecule has 1 aliphatic rings. The zero-order valence-corrected chi connectivity index (χ0v) is 8.75. The summed E-state index contributed by atoms with van der Waals surface area (Å²) in [6, 6.07) is 7.56. The van der Waals surface area contributed by atoms with Crippen LogP contribution in [0.1, 0.15) is 31.7 Å². The highest BCUT2D eigenvalue weighted by atomic mass is 16.3. The first kappa shape index (κ1) is 9.53. The average molecular weight is 191 g/mol.